The number of hydrogen-bond donors (Lipinski definition) is 1. The van der Waals surface area contributed by atoms with Crippen LogP contribution in [0.25, 0.3) is 0 Å². The van der Waals surface area contributed by atoms with E-state index in [1.54, 1.807) is 19.9 Å². The van der Waals surface area contributed by atoms with Crippen molar-refractivity contribution in [2.45, 2.75) is 13.8 Å². The first-order valence-electron chi connectivity index (χ1n) is 6.82. The lowest BCUT2D eigenvalue weighted by atomic mass is 10.2. The van der Waals surface area contributed by atoms with Gasteiger partial charge in [-0.15, -0.1) is 11.3 Å². The Morgan fingerprint density at radius 2 is 2.21 bits per heavy atom. The van der Waals surface area contributed by atoms with Gasteiger partial charge in [0.1, 0.15) is 9.88 Å². The maximum Gasteiger partial charge on any atom is 0.348 e. The first-order chi connectivity index (χ1) is 11.3. The molecule has 126 valence electrons. The third kappa shape index (κ3) is 3.90. The second-order valence-corrected chi connectivity index (χ2v) is 6.16. The lowest BCUT2D eigenvalue weighted by molar-refractivity contribution is -0.385. The first kappa shape index (κ1) is 17.9. The number of carbonyl (C=O) groups is 1. The molecule has 0 aliphatic rings. The molecule has 24 heavy (non-hydrogen) atoms. The van der Waals surface area contributed by atoms with Gasteiger partial charge in [0.2, 0.25) is 5.75 Å². The second-order valence-electron chi connectivity index (χ2n) is 4.70. The van der Waals surface area contributed by atoms with Crippen molar-refractivity contribution in [3.8, 4) is 5.75 Å². The lowest BCUT2D eigenvalue weighted by Gasteiger charge is -2.01. The van der Waals surface area contributed by atoms with Crippen molar-refractivity contribution in [3.05, 3.63) is 49.3 Å². The number of nitro groups is 1. The Labute approximate surface area is 146 Å². The molecular weight excluding hydrogens is 356 g/mol. The molecule has 0 aliphatic heterocycles. The van der Waals surface area contributed by atoms with Crippen LogP contribution < -0.4 is 0 Å². The fraction of sp³-hybridized carbons (Fsp3) is 0.200. The minimum atomic E-state index is -0.729. The molecule has 0 aliphatic carbocycles. The number of nitro benzene ring substituents is 1. The van der Waals surface area contributed by atoms with Gasteiger partial charge in [0.25, 0.3) is 0 Å². The molecule has 2 aromatic rings. The number of nitrogens with zero attached hydrogens (tertiary/aromatic N) is 2. The number of thiophene rings is 1. The molecule has 2 rings (SSSR count). The Bertz CT molecular complexity index is 832. The van der Waals surface area contributed by atoms with Crippen molar-refractivity contribution in [2.24, 2.45) is 4.99 Å². The molecule has 9 heteroatoms. The number of esters is 1. The number of ether oxygens (including phenoxy) is 1. The minimum Gasteiger partial charge on any atom is -0.502 e. The number of aromatic hydroxyl groups is 1. The average Bonchev–Trinajstić information content (AvgIpc) is 2.89. The third-order valence-electron chi connectivity index (χ3n) is 2.98. The van der Waals surface area contributed by atoms with Gasteiger partial charge in [-0.2, -0.15) is 0 Å². The summed E-state index contributed by atoms with van der Waals surface area (Å²) in [5.41, 5.74) is 0.323. The van der Waals surface area contributed by atoms with E-state index in [4.69, 9.17) is 16.3 Å². The number of carbonyl (C=O) groups excluding carboxylic acids is 1. The van der Waals surface area contributed by atoms with Gasteiger partial charge in [0.05, 0.1) is 11.5 Å². The number of phenolic OH excluding ortho intramolecular Hbond substituents is 1. The Balaban J connectivity index is 2.34. The molecule has 0 bridgehead atoms. The van der Waals surface area contributed by atoms with Crippen LogP contribution in [0.4, 0.5) is 10.7 Å². The average molecular weight is 369 g/mol. The van der Waals surface area contributed by atoms with E-state index >= 15 is 0 Å². The summed E-state index contributed by atoms with van der Waals surface area (Å²) < 4.78 is 4.95. The molecule has 0 saturated heterocycles. The van der Waals surface area contributed by atoms with Gasteiger partial charge in [-0.05, 0) is 31.5 Å². The summed E-state index contributed by atoms with van der Waals surface area (Å²) in [6, 6.07) is 4.10. The van der Waals surface area contributed by atoms with Crippen LogP contribution in [0.15, 0.2) is 23.2 Å². The number of aliphatic imine (C=N–C) groups is 1. The Hall–Kier alpha value is -2.45. The molecule has 0 spiro atoms. The monoisotopic (exact) mass is 368 g/mol. The largest absolute Gasteiger partial charge is 0.502 e. The van der Waals surface area contributed by atoms with Crippen molar-refractivity contribution >= 4 is 45.8 Å². The highest BCUT2D eigenvalue weighted by Crippen LogP contribution is 2.34. The van der Waals surface area contributed by atoms with E-state index < -0.39 is 22.3 Å². The second kappa shape index (κ2) is 7.41. The van der Waals surface area contributed by atoms with Crippen LogP contribution in [0.1, 0.15) is 27.7 Å². The van der Waals surface area contributed by atoms with E-state index in [-0.39, 0.29) is 17.2 Å². The normalized spacial score (nSPS) is 11.0. The molecule has 1 N–H and O–H groups in total. The van der Waals surface area contributed by atoms with E-state index in [1.807, 2.05) is 0 Å². The lowest BCUT2D eigenvalue weighted by Crippen LogP contribution is -2.03. The number of phenols is 1. The van der Waals surface area contributed by atoms with Crippen LogP contribution in [0, 0.1) is 17.0 Å². The quantitative estimate of drug-likeness (QED) is 0.368. The smallest absolute Gasteiger partial charge is 0.348 e. The maximum atomic E-state index is 11.8. The SMILES string of the molecule is CCOC(=O)c1sc(/N=C/c2cc(Cl)cc([N+](=O)[O-])c2O)cc1C. The molecule has 0 saturated carbocycles. The highest BCUT2D eigenvalue weighted by molar-refractivity contribution is 7.17. The van der Waals surface area contributed by atoms with E-state index in [0.717, 1.165) is 17.4 Å². The molecule has 7 nitrogen and oxygen atoms in total. The zero-order chi connectivity index (χ0) is 17.9. The molecular formula is C15H13ClN2O5S. The summed E-state index contributed by atoms with van der Waals surface area (Å²) in [4.78, 5) is 26.5. The summed E-state index contributed by atoms with van der Waals surface area (Å²) in [5, 5.41) is 21.4. The predicted molar refractivity (Wildman–Crippen MR) is 92.0 cm³/mol. The minimum absolute atomic E-state index is 0.107. The van der Waals surface area contributed by atoms with E-state index in [9.17, 15) is 20.0 Å². The van der Waals surface area contributed by atoms with E-state index in [0.29, 0.717) is 15.4 Å². The third-order valence-corrected chi connectivity index (χ3v) is 4.32. The topological polar surface area (TPSA) is 102 Å². The highest BCUT2D eigenvalue weighted by Gasteiger charge is 2.18. The summed E-state index contributed by atoms with van der Waals surface area (Å²) in [7, 11) is 0. The summed E-state index contributed by atoms with van der Waals surface area (Å²) in [6.07, 6.45) is 1.26. The van der Waals surface area contributed by atoms with Gasteiger partial charge in [0, 0.05) is 22.9 Å². The van der Waals surface area contributed by atoms with Crippen molar-refractivity contribution < 1.29 is 19.6 Å². The number of hydrogen-bond acceptors (Lipinski definition) is 7. The number of aryl methyl sites for hydroxylation is 1. The molecule has 0 unspecified atom stereocenters. The van der Waals surface area contributed by atoms with Crippen molar-refractivity contribution in [1.29, 1.82) is 0 Å². The highest BCUT2D eigenvalue weighted by atomic mass is 35.5. The fourth-order valence-electron chi connectivity index (χ4n) is 1.90. The summed E-state index contributed by atoms with van der Waals surface area (Å²) in [5.74, 6) is -0.949. The summed E-state index contributed by atoms with van der Waals surface area (Å²) >= 11 is 6.94. The van der Waals surface area contributed by atoms with Gasteiger partial charge in [-0.3, -0.25) is 10.1 Å². The van der Waals surface area contributed by atoms with Gasteiger partial charge in [-0.25, -0.2) is 9.79 Å². The van der Waals surface area contributed by atoms with Crippen LogP contribution in [-0.4, -0.2) is 28.8 Å². The Morgan fingerprint density at radius 3 is 2.83 bits per heavy atom. The zero-order valence-electron chi connectivity index (χ0n) is 12.8. The van der Waals surface area contributed by atoms with E-state index in [1.165, 1.54) is 12.3 Å². The fourth-order valence-corrected chi connectivity index (χ4v) is 3.04. The summed E-state index contributed by atoms with van der Waals surface area (Å²) in [6.45, 7) is 3.74. The molecule has 0 amide bonds. The molecule has 0 radical (unpaired) electrons. The zero-order valence-corrected chi connectivity index (χ0v) is 14.3. The Morgan fingerprint density at radius 1 is 1.50 bits per heavy atom. The maximum absolute atomic E-state index is 11.8. The van der Waals surface area contributed by atoms with Crippen molar-refractivity contribution in [1.82, 2.24) is 0 Å². The van der Waals surface area contributed by atoms with Gasteiger partial charge in [0.15, 0.2) is 0 Å². The van der Waals surface area contributed by atoms with Gasteiger partial charge in [-0.1, -0.05) is 11.6 Å². The van der Waals surface area contributed by atoms with Crippen molar-refractivity contribution in [3.63, 3.8) is 0 Å². The van der Waals surface area contributed by atoms with Crippen LogP contribution in [0.5, 0.6) is 5.75 Å². The standard InChI is InChI=1S/C15H13ClN2O5S/c1-3-23-15(20)14-8(2)4-12(24-14)17-7-9-5-10(16)6-11(13(9)19)18(21)22/h4-7,19H,3H2,1-2H3/b17-7+. The molecule has 0 atom stereocenters. The number of rotatable bonds is 5. The van der Waals surface area contributed by atoms with Gasteiger partial charge < -0.3 is 9.84 Å². The van der Waals surface area contributed by atoms with Crippen LogP contribution in [0.3, 0.4) is 0 Å². The first-order valence-corrected chi connectivity index (χ1v) is 8.01. The van der Waals surface area contributed by atoms with E-state index in [2.05, 4.69) is 4.99 Å². The van der Waals surface area contributed by atoms with Crippen LogP contribution in [-0.2, 0) is 4.74 Å². The van der Waals surface area contributed by atoms with Crippen LogP contribution >= 0.6 is 22.9 Å². The van der Waals surface area contributed by atoms with Gasteiger partial charge >= 0.3 is 11.7 Å². The molecule has 1 heterocycles. The number of halogens is 1. The molecule has 1 aromatic carbocycles. The van der Waals surface area contributed by atoms with Crippen molar-refractivity contribution in [2.75, 3.05) is 6.61 Å². The number of benzene rings is 1. The predicted octanol–water partition coefficient (Wildman–Crippen LogP) is 4.25. The molecule has 0 fully saturated rings. The Kier molecular flexibility index (Phi) is 5.53. The van der Waals surface area contributed by atoms with Crippen LogP contribution in [0.2, 0.25) is 5.02 Å². The molecule has 1 aromatic heterocycles.